The number of amides is 1. The molecule has 0 bridgehead atoms. The number of piperidine rings is 1. The van der Waals surface area contributed by atoms with Crippen molar-refractivity contribution in [3.05, 3.63) is 0 Å². The third kappa shape index (κ3) is 3.46. The molecule has 1 saturated heterocycles. The Hall–Kier alpha value is -0.620. The second kappa shape index (κ2) is 4.49. The van der Waals surface area contributed by atoms with E-state index in [-0.39, 0.29) is 24.3 Å². The maximum Gasteiger partial charge on any atom is 0.217 e. The summed E-state index contributed by atoms with van der Waals surface area (Å²) in [6.45, 7) is 2.31. The van der Waals surface area contributed by atoms with Gasteiger partial charge in [-0.2, -0.15) is 4.31 Å². The molecule has 0 aromatic rings. The highest BCUT2D eigenvalue weighted by Gasteiger charge is 2.31. The lowest BCUT2D eigenvalue weighted by molar-refractivity contribution is -0.119. The van der Waals surface area contributed by atoms with Gasteiger partial charge in [0.2, 0.25) is 15.9 Å². The molecule has 0 spiro atoms. The van der Waals surface area contributed by atoms with E-state index in [1.807, 2.05) is 6.92 Å². The van der Waals surface area contributed by atoms with Crippen LogP contribution < -0.4 is 5.73 Å². The molecule has 0 saturated carbocycles. The van der Waals surface area contributed by atoms with E-state index in [0.717, 1.165) is 12.8 Å². The molecule has 0 aliphatic carbocycles. The number of nitrogens with two attached hydrogens (primary N) is 1. The van der Waals surface area contributed by atoms with E-state index in [9.17, 15) is 13.2 Å². The molecule has 1 aliphatic rings. The first-order valence-electron chi connectivity index (χ1n) is 5.06. The van der Waals surface area contributed by atoms with Gasteiger partial charge >= 0.3 is 0 Å². The molecule has 0 aromatic heterocycles. The Kier molecular flexibility index (Phi) is 3.72. The van der Waals surface area contributed by atoms with Crippen molar-refractivity contribution in [3.63, 3.8) is 0 Å². The van der Waals surface area contributed by atoms with Gasteiger partial charge in [0.05, 0.1) is 6.26 Å². The number of hydrogen-bond acceptors (Lipinski definition) is 3. The molecule has 1 aliphatic heterocycles. The van der Waals surface area contributed by atoms with Gasteiger partial charge in [0.1, 0.15) is 0 Å². The monoisotopic (exact) mass is 234 g/mol. The first-order valence-corrected chi connectivity index (χ1v) is 6.90. The average Bonchev–Trinajstić information content (AvgIpc) is 2.05. The fourth-order valence-electron chi connectivity index (χ4n) is 2.06. The highest BCUT2D eigenvalue weighted by atomic mass is 32.2. The normalized spacial score (nSPS) is 28.9. The lowest BCUT2D eigenvalue weighted by Crippen LogP contribution is -2.45. The van der Waals surface area contributed by atoms with Crippen LogP contribution in [0.3, 0.4) is 0 Å². The summed E-state index contributed by atoms with van der Waals surface area (Å²) in [5.41, 5.74) is 5.11. The van der Waals surface area contributed by atoms with E-state index >= 15 is 0 Å². The highest BCUT2D eigenvalue weighted by molar-refractivity contribution is 7.88. The summed E-state index contributed by atoms with van der Waals surface area (Å²) in [4.78, 5) is 10.8. The minimum Gasteiger partial charge on any atom is -0.370 e. The summed E-state index contributed by atoms with van der Waals surface area (Å²) in [5, 5.41) is 0. The lowest BCUT2D eigenvalue weighted by atomic mass is 9.92. The minimum atomic E-state index is -3.16. The number of primary amides is 1. The zero-order valence-corrected chi connectivity index (χ0v) is 9.96. The predicted octanol–water partition coefficient (Wildman–Crippen LogP) is -0.0781. The van der Waals surface area contributed by atoms with E-state index < -0.39 is 10.0 Å². The van der Waals surface area contributed by atoms with Crippen molar-refractivity contribution in [2.75, 3.05) is 12.8 Å². The number of rotatable bonds is 3. The van der Waals surface area contributed by atoms with Crippen molar-refractivity contribution < 1.29 is 13.2 Å². The van der Waals surface area contributed by atoms with Crippen LogP contribution in [-0.4, -0.2) is 37.5 Å². The number of sulfonamides is 1. The molecule has 2 atom stereocenters. The van der Waals surface area contributed by atoms with Crippen molar-refractivity contribution in [3.8, 4) is 0 Å². The fraction of sp³-hybridized carbons (Fsp3) is 0.889. The van der Waals surface area contributed by atoms with Crippen LogP contribution in [0.5, 0.6) is 0 Å². The third-order valence-electron chi connectivity index (χ3n) is 2.84. The van der Waals surface area contributed by atoms with Crippen molar-refractivity contribution in [1.82, 2.24) is 4.31 Å². The Bertz CT molecular complexity index is 339. The van der Waals surface area contributed by atoms with Gasteiger partial charge < -0.3 is 5.73 Å². The van der Waals surface area contributed by atoms with Gasteiger partial charge in [-0.3, -0.25) is 4.79 Å². The molecule has 2 N–H and O–H groups in total. The number of hydrogen-bond donors (Lipinski definition) is 1. The minimum absolute atomic E-state index is 0.0316. The largest absolute Gasteiger partial charge is 0.370 e. The van der Waals surface area contributed by atoms with Crippen molar-refractivity contribution in [2.24, 2.45) is 11.7 Å². The van der Waals surface area contributed by atoms with Crippen LogP contribution in [0.1, 0.15) is 26.2 Å². The first-order chi connectivity index (χ1) is 6.80. The van der Waals surface area contributed by atoms with Crippen molar-refractivity contribution >= 4 is 15.9 Å². The summed E-state index contributed by atoms with van der Waals surface area (Å²) < 4.78 is 24.3. The molecule has 6 heteroatoms. The van der Waals surface area contributed by atoms with Crippen LogP contribution in [0.15, 0.2) is 0 Å². The molecule has 88 valence electrons. The Labute approximate surface area is 90.7 Å². The smallest absolute Gasteiger partial charge is 0.217 e. The van der Waals surface area contributed by atoms with Crippen LogP contribution in [0, 0.1) is 5.92 Å². The van der Waals surface area contributed by atoms with Crippen LogP contribution in [0.2, 0.25) is 0 Å². The highest BCUT2D eigenvalue weighted by Crippen LogP contribution is 2.25. The lowest BCUT2D eigenvalue weighted by Gasteiger charge is -2.35. The molecular weight excluding hydrogens is 216 g/mol. The first kappa shape index (κ1) is 12.4. The van der Waals surface area contributed by atoms with Gasteiger partial charge in [0, 0.05) is 19.0 Å². The Morgan fingerprint density at radius 1 is 1.47 bits per heavy atom. The second-order valence-electron chi connectivity index (χ2n) is 4.30. The van der Waals surface area contributed by atoms with Crippen molar-refractivity contribution in [1.29, 1.82) is 0 Å². The summed E-state index contributed by atoms with van der Waals surface area (Å²) in [6, 6.07) is 0.0316. The van der Waals surface area contributed by atoms with Gasteiger partial charge in [-0.15, -0.1) is 0 Å². The number of carbonyl (C=O) groups excluding carboxylic acids is 1. The molecule has 0 unspecified atom stereocenters. The zero-order chi connectivity index (χ0) is 11.6. The maximum atomic E-state index is 11.4. The van der Waals surface area contributed by atoms with Crippen LogP contribution in [-0.2, 0) is 14.8 Å². The summed E-state index contributed by atoms with van der Waals surface area (Å²) in [7, 11) is -3.16. The maximum absolute atomic E-state index is 11.4. The standard InChI is InChI=1S/C9H18N2O3S/c1-7-3-4-8(5-9(10)12)6-11(7)15(2,13)14/h7-8H,3-6H2,1-2H3,(H2,10,12)/t7-,8-/m1/s1. The Morgan fingerprint density at radius 2 is 2.07 bits per heavy atom. The molecule has 0 radical (unpaired) electrons. The number of nitrogens with zero attached hydrogens (tertiary/aromatic N) is 1. The van der Waals surface area contributed by atoms with Gasteiger partial charge in [-0.25, -0.2) is 8.42 Å². The fourth-order valence-corrected chi connectivity index (χ4v) is 3.30. The summed E-state index contributed by atoms with van der Waals surface area (Å²) in [5.74, 6) is -0.281. The van der Waals surface area contributed by atoms with Crippen molar-refractivity contribution in [2.45, 2.75) is 32.2 Å². The van der Waals surface area contributed by atoms with Gasteiger partial charge in [0.15, 0.2) is 0 Å². The van der Waals surface area contributed by atoms with Crippen LogP contribution >= 0.6 is 0 Å². The summed E-state index contributed by atoms with van der Waals surface area (Å²) >= 11 is 0. The Morgan fingerprint density at radius 3 is 2.53 bits per heavy atom. The third-order valence-corrected chi connectivity index (χ3v) is 4.20. The quantitative estimate of drug-likeness (QED) is 0.741. The Balaban J connectivity index is 2.68. The molecule has 0 aromatic carbocycles. The molecule has 1 fully saturated rings. The van der Waals surface area contributed by atoms with E-state index in [1.54, 1.807) is 0 Å². The van der Waals surface area contributed by atoms with Gasteiger partial charge in [0.25, 0.3) is 0 Å². The number of carbonyl (C=O) groups is 1. The SMILES string of the molecule is C[C@@H]1CC[C@H](CC(N)=O)CN1S(C)(=O)=O. The molecule has 1 amide bonds. The van der Waals surface area contributed by atoms with Crippen LogP contribution in [0.25, 0.3) is 0 Å². The van der Waals surface area contributed by atoms with E-state index in [0.29, 0.717) is 6.54 Å². The van der Waals surface area contributed by atoms with E-state index in [2.05, 4.69) is 0 Å². The zero-order valence-electron chi connectivity index (χ0n) is 9.14. The molecule has 5 nitrogen and oxygen atoms in total. The molecule has 15 heavy (non-hydrogen) atoms. The van der Waals surface area contributed by atoms with Crippen LogP contribution in [0.4, 0.5) is 0 Å². The summed E-state index contributed by atoms with van der Waals surface area (Å²) in [6.07, 6.45) is 3.15. The second-order valence-corrected chi connectivity index (χ2v) is 6.23. The van der Waals surface area contributed by atoms with Gasteiger partial charge in [-0.1, -0.05) is 0 Å². The topological polar surface area (TPSA) is 80.5 Å². The molecule has 1 rings (SSSR count). The molecular formula is C9H18N2O3S. The average molecular weight is 234 g/mol. The van der Waals surface area contributed by atoms with Gasteiger partial charge in [-0.05, 0) is 25.7 Å². The van der Waals surface area contributed by atoms with E-state index in [1.165, 1.54) is 10.6 Å². The molecule has 1 heterocycles. The van der Waals surface area contributed by atoms with E-state index in [4.69, 9.17) is 5.73 Å². The predicted molar refractivity (Wildman–Crippen MR) is 57.5 cm³/mol.